The van der Waals surface area contributed by atoms with E-state index in [9.17, 15) is 4.79 Å². The van der Waals surface area contributed by atoms with Crippen LogP contribution in [0.15, 0.2) is 42.5 Å². The van der Waals surface area contributed by atoms with Gasteiger partial charge in [-0.15, -0.1) is 6.42 Å². The first kappa shape index (κ1) is 21.8. The SMILES string of the molecule is C#CCOC(C(=O)NCCc1ccc(OCC#N)c(OC)c1)c1ccc(C)cc1. The molecule has 6 heteroatoms. The molecule has 0 aliphatic heterocycles. The molecule has 0 spiro atoms. The van der Waals surface area contributed by atoms with Gasteiger partial charge >= 0.3 is 0 Å². The second kappa shape index (κ2) is 11.4. The fourth-order valence-electron chi connectivity index (χ4n) is 2.72. The van der Waals surface area contributed by atoms with Crippen LogP contribution in [0.3, 0.4) is 0 Å². The van der Waals surface area contributed by atoms with Crippen LogP contribution in [0.25, 0.3) is 0 Å². The Morgan fingerprint density at radius 3 is 2.59 bits per heavy atom. The van der Waals surface area contributed by atoms with Gasteiger partial charge in [0.25, 0.3) is 5.91 Å². The zero-order valence-electron chi connectivity index (χ0n) is 16.6. The lowest BCUT2D eigenvalue weighted by Gasteiger charge is -2.17. The summed E-state index contributed by atoms with van der Waals surface area (Å²) >= 11 is 0. The summed E-state index contributed by atoms with van der Waals surface area (Å²) in [5.41, 5.74) is 2.81. The summed E-state index contributed by atoms with van der Waals surface area (Å²) in [6, 6.07) is 14.9. The molecular formula is C23H24N2O4. The Hall–Kier alpha value is -3.48. The third-order valence-electron chi connectivity index (χ3n) is 4.18. The minimum Gasteiger partial charge on any atom is -0.493 e. The Balaban J connectivity index is 1.98. The zero-order chi connectivity index (χ0) is 21.1. The molecule has 0 fully saturated rings. The second-order valence-electron chi connectivity index (χ2n) is 6.28. The lowest BCUT2D eigenvalue weighted by Crippen LogP contribution is -2.32. The van der Waals surface area contributed by atoms with Crippen LogP contribution in [-0.4, -0.2) is 32.8 Å². The van der Waals surface area contributed by atoms with Gasteiger partial charge in [0.2, 0.25) is 0 Å². The van der Waals surface area contributed by atoms with E-state index in [0.29, 0.717) is 24.5 Å². The van der Waals surface area contributed by atoms with E-state index in [1.54, 1.807) is 6.07 Å². The van der Waals surface area contributed by atoms with E-state index >= 15 is 0 Å². The highest BCUT2D eigenvalue weighted by molar-refractivity contribution is 5.82. The van der Waals surface area contributed by atoms with Gasteiger partial charge in [0.15, 0.2) is 24.2 Å². The van der Waals surface area contributed by atoms with E-state index in [2.05, 4.69) is 11.2 Å². The molecule has 6 nitrogen and oxygen atoms in total. The van der Waals surface area contributed by atoms with Gasteiger partial charge in [0, 0.05) is 6.54 Å². The predicted molar refractivity (Wildman–Crippen MR) is 110 cm³/mol. The lowest BCUT2D eigenvalue weighted by atomic mass is 10.1. The highest BCUT2D eigenvalue weighted by atomic mass is 16.5. The Kier molecular flexibility index (Phi) is 8.56. The van der Waals surface area contributed by atoms with Crippen molar-refractivity contribution in [2.24, 2.45) is 0 Å². The van der Waals surface area contributed by atoms with Crippen molar-refractivity contribution in [3.63, 3.8) is 0 Å². The summed E-state index contributed by atoms with van der Waals surface area (Å²) in [5, 5.41) is 11.5. The van der Waals surface area contributed by atoms with Crippen molar-refractivity contribution in [3.8, 4) is 29.9 Å². The number of ether oxygens (including phenoxy) is 3. The first-order valence-corrected chi connectivity index (χ1v) is 9.15. The van der Waals surface area contributed by atoms with E-state index in [0.717, 1.165) is 16.7 Å². The molecule has 150 valence electrons. The van der Waals surface area contributed by atoms with Crippen LogP contribution in [0.1, 0.15) is 22.8 Å². The van der Waals surface area contributed by atoms with Gasteiger partial charge in [-0.05, 0) is 36.6 Å². The quantitative estimate of drug-likeness (QED) is 0.629. The van der Waals surface area contributed by atoms with Crippen molar-refractivity contribution in [3.05, 3.63) is 59.2 Å². The monoisotopic (exact) mass is 392 g/mol. The Labute approximate surface area is 171 Å². The molecule has 1 amide bonds. The number of carbonyl (C=O) groups is 1. The average Bonchev–Trinajstić information content (AvgIpc) is 2.74. The molecule has 2 aromatic carbocycles. The minimum absolute atomic E-state index is 0.0489. The number of nitriles is 1. The van der Waals surface area contributed by atoms with Gasteiger partial charge in [-0.25, -0.2) is 0 Å². The van der Waals surface area contributed by atoms with Gasteiger partial charge in [0.1, 0.15) is 12.7 Å². The van der Waals surface area contributed by atoms with Crippen LogP contribution >= 0.6 is 0 Å². The molecule has 0 saturated carbocycles. The molecule has 0 saturated heterocycles. The highest BCUT2D eigenvalue weighted by Gasteiger charge is 2.20. The molecular weight excluding hydrogens is 368 g/mol. The highest BCUT2D eigenvalue weighted by Crippen LogP contribution is 2.28. The first-order valence-electron chi connectivity index (χ1n) is 9.15. The van der Waals surface area contributed by atoms with Crippen molar-refractivity contribution in [1.29, 1.82) is 5.26 Å². The van der Waals surface area contributed by atoms with Crippen LogP contribution < -0.4 is 14.8 Å². The number of aryl methyl sites for hydroxylation is 1. The molecule has 0 bridgehead atoms. The number of terminal acetylenes is 1. The Morgan fingerprint density at radius 1 is 1.17 bits per heavy atom. The third-order valence-corrected chi connectivity index (χ3v) is 4.18. The molecule has 1 unspecified atom stereocenters. The number of rotatable bonds is 10. The molecule has 0 heterocycles. The number of benzene rings is 2. The molecule has 0 radical (unpaired) electrons. The summed E-state index contributed by atoms with van der Waals surface area (Å²) in [4.78, 5) is 12.6. The minimum atomic E-state index is -0.761. The molecule has 29 heavy (non-hydrogen) atoms. The average molecular weight is 392 g/mol. The summed E-state index contributed by atoms with van der Waals surface area (Å²) < 4.78 is 16.2. The van der Waals surface area contributed by atoms with Crippen molar-refractivity contribution >= 4 is 5.91 Å². The van der Waals surface area contributed by atoms with Gasteiger partial charge in [0.05, 0.1) is 7.11 Å². The summed E-state index contributed by atoms with van der Waals surface area (Å²) in [5.74, 6) is 3.20. The van der Waals surface area contributed by atoms with Gasteiger partial charge in [-0.1, -0.05) is 41.8 Å². The Bertz CT molecular complexity index is 895. The third kappa shape index (κ3) is 6.57. The smallest absolute Gasteiger partial charge is 0.253 e. The van der Waals surface area contributed by atoms with E-state index in [1.807, 2.05) is 49.4 Å². The van der Waals surface area contributed by atoms with Gasteiger partial charge in [-0.2, -0.15) is 5.26 Å². The van der Waals surface area contributed by atoms with Crippen LogP contribution in [0.2, 0.25) is 0 Å². The molecule has 1 atom stereocenters. The molecule has 0 aliphatic rings. The molecule has 1 N–H and O–H groups in total. The maximum absolute atomic E-state index is 12.6. The number of methoxy groups -OCH3 is 1. The van der Waals surface area contributed by atoms with Crippen molar-refractivity contribution in [1.82, 2.24) is 5.32 Å². The topological polar surface area (TPSA) is 80.6 Å². The van der Waals surface area contributed by atoms with Crippen LogP contribution in [0.4, 0.5) is 0 Å². The van der Waals surface area contributed by atoms with Crippen LogP contribution in [-0.2, 0) is 16.0 Å². The largest absolute Gasteiger partial charge is 0.493 e. The van der Waals surface area contributed by atoms with Crippen molar-refractivity contribution in [2.75, 3.05) is 26.9 Å². The van der Waals surface area contributed by atoms with Crippen LogP contribution in [0, 0.1) is 30.6 Å². The summed E-state index contributed by atoms with van der Waals surface area (Å²) in [7, 11) is 1.54. The molecule has 2 rings (SSSR count). The molecule has 0 aromatic heterocycles. The van der Waals surface area contributed by atoms with Crippen molar-refractivity contribution < 1.29 is 19.0 Å². The van der Waals surface area contributed by atoms with Crippen LogP contribution in [0.5, 0.6) is 11.5 Å². The number of hydrogen-bond donors (Lipinski definition) is 1. The fraction of sp³-hybridized carbons (Fsp3) is 0.304. The number of nitrogens with one attached hydrogen (secondary N) is 1. The molecule has 2 aromatic rings. The van der Waals surface area contributed by atoms with E-state index in [4.69, 9.17) is 25.9 Å². The van der Waals surface area contributed by atoms with Gasteiger partial charge < -0.3 is 19.5 Å². The molecule has 0 aliphatic carbocycles. The number of nitrogens with zero attached hydrogens (tertiary/aromatic N) is 1. The number of carbonyl (C=O) groups excluding carboxylic acids is 1. The number of hydrogen-bond acceptors (Lipinski definition) is 5. The fourth-order valence-corrected chi connectivity index (χ4v) is 2.72. The maximum atomic E-state index is 12.6. The van der Waals surface area contributed by atoms with E-state index < -0.39 is 6.10 Å². The predicted octanol–water partition coefficient (Wildman–Crippen LogP) is 2.96. The van der Waals surface area contributed by atoms with Crippen molar-refractivity contribution in [2.45, 2.75) is 19.4 Å². The van der Waals surface area contributed by atoms with E-state index in [-0.39, 0.29) is 19.1 Å². The normalized spacial score (nSPS) is 11.0. The Morgan fingerprint density at radius 2 is 1.93 bits per heavy atom. The maximum Gasteiger partial charge on any atom is 0.253 e. The zero-order valence-corrected chi connectivity index (χ0v) is 16.6. The standard InChI is InChI=1S/C23H24N2O4/c1-4-14-29-22(19-8-5-17(2)6-9-19)23(26)25-13-11-18-7-10-20(28-15-12-24)21(16-18)27-3/h1,5-10,16,22H,11,13-15H2,2-3H3,(H,25,26). The lowest BCUT2D eigenvalue weighted by molar-refractivity contribution is -0.132. The second-order valence-corrected chi connectivity index (χ2v) is 6.28. The summed E-state index contributed by atoms with van der Waals surface area (Å²) in [6.07, 6.45) is 5.11. The van der Waals surface area contributed by atoms with E-state index in [1.165, 1.54) is 7.11 Å². The first-order chi connectivity index (χ1) is 14.1. The summed E-state index contributed by atoms with van der Waals surface area (Å²) in [6.45, 7) is 2.39. The number of amides is 1. The van der Waals surface area contributed by atoms with Gasteiger partial charge in [-0.3, -0.25) is 4.79 Å².